The van der Waals surface area contributed by atoms with E-state index in [1.54, 1.807) is 49.9 Å². The number of thiazole rings is 1. The van der Waals surface area contributed by atoms with Crippen LogP contribution in [0.2, 0.25) is 10.0 Å². The molecule has 9 heteroatoms. The maximum Gasteiger partial charge on any atom is 0.275 e. The zero-order valence-electron chi connectivity index (χ0n) is 14.4. The van der Waals surface area contributed by atoms with Crippen LogP contribution in [0.3, 0.4) is 0 Å². The molecule has 0 fully saturated rings. The molecule has 0 saturated heterocycles. The number of halogens is 2. The van der Waals surface area contributed by atoms with Crippen LogP contribution in [0.5, 0.6) is 11.5 Å². The summed E-state index contributed by atoms with van der Waals surface area (Å²) >= 11 is 13.3. The number of benzene rings is 2. The molecule has 6 nitrogen and oxygen atoms in total. The van der Waals surface area contributed by atoms with Crippen molar-refractivity contribution in [2.75, 3.05) is 24.9 Å². The quantitative estimate of drug-likeness (QED) is 0.550. The number of carbonyl (C=O) groups excluding carboxylic acids is 1. The van der Waals surface area contributed by atoms with E-state index in [4.69, 9.17) is 32.7 Å². The highest BCUT2D eigenvalue weighted by atomic mass is 35.5. The molecule has 0 unspecified atom stereocenters. The summed E-state index contributed by atoms with van der Waals surface area (Å²) in [5.74, 6) is 0.890. The molecular formula is C18H15Cl2N3O3S. The molecule has 1 heterocycles. The standard InChI is InChI=1S/C18H15Cl2N3O3S/c1-25-11-4-6-13(16(8-11)26-2)22-18-23-15(9-27-18)17(24)21-14-7-10(19)3-5-12(14)20/h3-9H,1-2H3,(H,21,24)(H,22,23). The lowest BCUT2D eigenvalue weighted by atomic mass is 10.3. The summed E-state index contributed by atoms with van der Waals surface area (Å²) in [6, 6.07) is 10.2. The number of nitrogens with zero attached hydrogens (tertiary/aromatic N) is 1. The number of amides is 1. The zero-order valence-corrected chi connectivity index (χ0v) is 16.7. The Morgan fingerprint density at radius 3 is 2.63 bits per heavy atom. The number of hydrogen-bond donors (Lipinski definition) is 2. The van der Waals surface area contributed by atoms with E-state index < -0.39 is 0 Å². The lowest BCUT2D eigenvalue weighted by molar-refractivity contribution is 0.102. The Morgan fingerprint density at radius 1 is 1.07 bits per heavy atom. The SMILES string of the molecule is COc1ccc(Nc2nc(C(=O)Nc3cc(Cl)ccc3Cl)cs2)c(OC)c1. The van der Waals surface area contributed by atoms with Gasteiger partial charge in [-0.15, -0.1) is 11.3 Å². The first kappa shape index (κ1) is 19.3. The zero-order chi connectivity index (χ0) is 19.4. The van der Waals surface area contributed by atoms with Crippen molar-refractivity contribution in [3.63, 3.8) is 0 Å². The predicted octanol–water partition coefficient (Wildman–Crippen LogP) is 5.46. The van der Waals surface area contributed by atoms with Gasteiger partial charge in [0.05, 0.1) is 30.6 Å². The molecule has 3 aromatic rings. The first-order chi connectivity index (χ1) is 13.0. The second-order valence-corrected chi connectivity index (χ2v) is 7.01. The first-order valence-electron chi connectivity index (χ1n) is 7.71. The molecule has 0 radical (unpaired) electrons. The molecule has 140 valence electrons. The predicted molar refractivity (Wildman–Crippen MR) is 109 cm³/mol. The van der Waals surface area contributed by atoms with E-state index in [-0.39, 0.29) is 11.6 Å². The fourth-order valence-corrected chi connectivity index (χ4v) is 3.27. The average molecular weight is 424 g/mol. The van der Waals surface area contributed by atoms with Gasteiger partial charge in [-0.25, -0.2) is 4.98 Å². The van der Waals surface area contributed by atoms with Crippen LogP contribution in [0.1, 0.15) is 10.5 Å². The van der Waals surface area contributed by atoms with Crippen LogP contribution in [-0.4, -0.2) is 25.1 Å². The van der Waals surface area contributed by atoms with Gasteiger partial charge >= 0.3 is 0 Å². The molecule has 0 aliphatic heterocycles. The van der Waals surface area contributed by atoms with E-state index in [0.717, 1.165) is 0 Å². The second-order valence-electron chi connectivity index (χ2n) is 5.31. The summed E-state index contributed by atoms with van der Waals surface area (Å²) < 4.78 is 10.5. The molecule has 1 amide bonds. The lowest BCUT2D eigenvalue weighted by Gasteiger charge is -2.10. The highest BCUT2D eigenvalue weighted by Gasteiger charge is 2.14. The molecule has 3 rings (SSSR count). The van der Waals surface area contributed by atoms with E-state index in [0.29, 0.717) is 38.1 Å². The van der Waals surface area contributed by atoms with Crippen molar-refractivity contribution in [1.82, 2.24) is 4.98 Å². The van der Waals surface area contributed by atoms with Crippen LogP contribution in [-0.2, 0) is 0 Å². The van der Waals surface area contributed by atoms with Crippen LogP contribution in [0.25, 0.3) is 0 Å². The Kier molecular flexibility index (Phi) is 6.05. The van der Waals surface area contributed by atoms with Gasteiger partial charge in [-0.2, -0.15) is 0 Å². The van der Waals surface area contributed by atoms with Crippen molar-refractivity contribution in [1.29, 1.82) is 0 Å². The number of hydrogen-bond acceptors (Lipinski definition) is 6. The van der Waals surface area contributed by atoms with Gasteiger partial charge < -0.3 is 20.1 Å². The van der Waals surface area contributed by atoms with Gasteiger partial charge in [0.15, 0.2) is 5.13 Å². The minimum absolute atomic E-state index is 0.256. The summed E-state index contributed by atoms with van der Waals surface area (Å²) in [6.45, 7) is 0. The normalized spacial score (nSPS) is 10.4. The number of anilines is 3. The molecule has 2 N–H and O–H groups in total. The highest BCUT2D eigenvalue weighted by molar-refractivity contribution is 7.14. The summed E-state index contributed by atoms with van der Waals surface area (Å²) in [7, 11) is 3.15. The maximum absolute atomic E-state index is 12.4. The number of methoxy groups -OCH3 is 2. The van der Waals surface area contributed by atoms with Gasteiger partial charge in [-0.1, -0.05) is 23.2 Å². The number of rotatable bonds is 6. The van der Waals surface area contributed by atoms with Crippen molar-refractivity contribution < 1.29 is 14.3 Å². The van der Waals surface area contributed by atoms with E-state index in [9.17, 15) is 4.79 Å². The third-order valence-corrected chi connectivity index (χ3v) is 4.89. The summed E-state index contributed by atoms with van der Waals surface area (Å²) in [5, 5.41) is 8.89. The minimum atomic E-state index is -0.384. The van der Waals surface area contributed by atoms with Gasteiger partial charge in [0.25, 0.3) is 5.91 Å². The molecule has 0 bridgehead atoms. The Hall–Kier alpha value is -2.48. The molecule has 1 aromatic heterocycles. The fraction of sp³-hybridized carbons (Fsp3) is 0.111. The Bertz CT molecular complexity index is 978. The molecule has 0 saturated carbocycles. The van der Waals surface area contributed by atoms with Gasteiger partial charge in [0, 0.05) is 16.5 Å². The van der Waals surface area contributed by atoms with Gasteiger partial charge in [-0.3, -0.25) is 4.79 Å². The molecule has 0 atom stereocenters. The van der Waals surface area contributed by atoms with Gasteiger partial charge in [0.1, 0.15) is 17.2 Å². The van der Waals surface area contributed by atoms with Crippen LogP contribution >= 0.6 is 34.5 Å². The first-order valence-corrected chi connectivity index (χ1v) is 9.34. The number of nitrogens with one attached hydrogen (secondary N) is 2. The summed E-state index contributed by atoms with van der Waals surface area (Å²) in [6.07, 6.45) is 0. The van der Waals surface area contributed by atoms with E-state index in [2.05, 4.69) is 15.6 Å². The largest absolute Gasteiger partial charge is 0.497 e. The van der Waals surface area contributed by atoms with Gasteiger partial charge in [0.2, 0.25) is 0 Å². The molecule has 2 aromatic carbocycles. The monoisotopic (exact) mass is 423 g/mol. The van der Waals surface area contributed by atoms with Crippen molar-refractivity contribution in [3.8, 4) is 11.5 Å². The minimum Gasteiger partial charge on any atom is -0.497 e. The van der Waals surface area contributed by atoms with Crippen LogP contribution < -0.4 is 20.1 Å². The van der Waals surface area contributed by atoms with Crippen molar-refractivity contribution in [3.05, 3.63) is 57.5 Å². The van der Waals surface area contributed by atoms with Crippen molar-refractivity contribution in [2.24, 2.45) is 0 Å². The van der Waals surface area contributed by atoms with Crippen molar-refractivity contribution >= 4 is 57.0 Å². The molecule has 0 aliphatic rings. The molecule has 27 heavy (non-hydrogen) atoms. The Morgan fingerprint density at radius 2 is 1.89 bits per heavy atom. The number of carbonyl (C=O) groups is 1. The number of aromatic nitrogens is 1. The van der Waals surface area contributed by atoms with E-state index in [1.807, 2.05) is 6.07 Å². The molecular weight excluding hydrogens is 409 g/mol. The molecule has 0 spiro atoms. The third-order valence-electron chi connectivity index (χ3n) is 3.56. The Labute approximate surface area is 170 Å². The third kappa shape index (κ3) is 4.63. The van der Waals surface area contributed by atoms with E-state index in [1.165, 1.54) is 11.3 Å². The highest BCUT2D eigenvalue weighted by Crippen LogP contribution is 2.32. The van der Waals surface area contributed by atoms with Crippen LogP contribution in [0, 0.1) is 0 Å². The lowest BCUT2D eigenvalue weighted by Crippen LogP contribution is -2.12. The fourth-order valence-electron chi connectivity index (χ4n) is 2.23. The number of ether oxygens (including phenoxy) is 2. The topological polar surface area (TPSA) is 72.5 Å². The van der Waals surface area contributed by atoms with Crippen molar-refractivity contribution in [2.45, 2.75) is 0 Å². The second kappa shape index (κ2) is 8.47. The summed E-state index contributed by atoms with van der Waals surface area (Å²) in [4.78, 5) is 16.7. The summed E-state index contributed by atoms with van der Waals surface area (Å²) in [5.41, 5.74) is 1.39. The Balaban J connectivity index is 1.75. The average Bonchev–Trinajstić information content (AvgIpc) is 3.13. The smallest absolute Gasteiger partial charge is 0.275 e. The van der Waals surface area contributed by atoms with Crippen LogP contribution in [0.4, 0.5) is 16.5 Å². The van der Waals surface area contributed by atoms with Gasteiger partial charge in [-0.05, 0) is 30.3 Å². The van der Waals surface area contributed by atoms with E-state index >= 15 is 0 Å². The molecule has 0 aliphatic carbocycles. The maximum atomic E-state index is 12.4. The van der Waals surface area contributed by atoms with Crippen LogP contribution in [0.15, 0.2) is 41.8 Å².